The van der Waals surface area contributed by atoms with Gasteiger partial charge in [0.15, 0.2) is 10.9 Å². The molecule has 0 fully saturated rings. The molecule has 0 atom stereocenters. The molecular formula is C23H18N4O3S. The van der Waals surface area contributed by atoms with Gasteiger partial charge in [0.1, 0.15) is 0 Å². The van der Waals surface area contributed by atoms with Gasteiger partial charge >= 0.3 is 5.91 Å². The zero-order valence-electron chi connectivity index (χ0n) is 16.5. The smallest absolute Gasteiger partial charge is 0.305 e. The molecule has 0 aliphatic carbocycles. The van der Waals surface area contributed by atoms with Crippen LogP contribution in [0, 0.1) is 6.92 Å². The van der Waals surface area contributed by atoms with E-state index in [1.54, 1.807) is 19.1 Å². The average molecular weight is 430 g/mol. The van der Waals surface area contributed by atoms with E-state index in [1.807, 2.05) is 54.6 Å². The normalized spacial score (nSPS) is 10.5. The topological polar surface area (TPSA) is 96.3 Å². The number of benzene rings is 2. The minimum absolute atomic E-state index is 0.0512. The van der Waals surface area contributed by atoms with Gasteiger partial charge in [0.25, 0.3) is 5.91 Å². The number of nitrogens with zero attached hydrogens (tertiary/aromatic N) is 1. The molecule has 3 N–H and O–H groups in total. The Labute approximate surface area is 183 Å². The summed E-state index contributed by atoms with van der Waals surface area (Å²) in [5.74, 6) is -0.759. The van der Waals surface area contributed by atoms with Gasteiger partial charge in [0.2, 0.25) is 0 Å². The van der Waals surface area contributed by atoms with Crippen LogP contribution in [0.3, 0.4) is 0 Å². The van der Waals surface area contributed by atoms with Gasteiger partial charge in [0.05, 0.1) is 23.0 Å². The molecule has 2 heterocycles. The number of para-hydroxylation sites is 1. The maximum Gasteiger partial charge on any atom is 0.305 e. The number of rotatable bonds is 3. The van der Waals surface area contributed by atoms with E-state index in [1.165, 1.54) is 6.26 Å². The van der Waals surface area contributed by atoms with Crippen molar-refractivity contribution in [2.75, 3.05) is 0 Å². The number of amides is 2. The zero-order valence-corrected chi connectivity index (χ0v) is 17.3. The third kappa shape index (κ3) is 4.44. The molecule has 2 aromatic carbocycles. The van der Waals surface area contributed by atoms with E-state index in [4.69, 9.17) is 16.6 Å². The van der Waals surface area contributed by atoms with Crippen molar-refractivity contribution in [1.82, 2.24) is 21.2 Å². The van der Waals surface area contributed by atoms with Crippen molar-refractivity contribution in [3.05, 3.63) is 89.9 Å². The fourth-order valence-corrected chi connectivity index (χ4v) is 3.24. The summed E-state index contributed by atoms with van der Waals surface area (Å²) in [7, 11) is 0. The average Bonchev–Trinajstić information content (AvgIpc) is 3.23. The van der Waals surface area contributed by atoms with Crippen LogP contribution in [0.5, 0.6) is 0 Å². The van der Waals surface area contributed by atoms with E-state index >= 15 is 0 Å². The molecule has 154 valence electrons. The molecule has 0 unspecified atom stereocenters. The lowest BCUT2D eigenvalue weighted by molar-refractivity contribution is 0.0909. The first kappa shape index (κ1) is 20.2. The molecule has 2 amide bonds. The summed E-state index contributed by atoms with van der Waals surface area (Å²) in [5, 5.41) is 3.23. The van der Waals surface area contributed by atoms with Crippen LogP contribution in [0.4, 0.5) is 0 Å². The van der Waals surface area contributed by atoms with Crippen molar-refractivity contribution >= 4 is 40.0 Å². The second kappa shape index (κ2) is 8.76. The summed E-state index contributed by atoms with van der Waals surface area (Å²) >= 11 is 5.16. The van der Waals surface area contributed by atoms with E-state index in [9.17, 15) is 9.59 Å². The lowest BCUT2D eigenvalue weighted by Crippen LogP contribution is -2.48. The maximum absolute atomic E-state index is 13.0. The first-order chi connectivity index (χ1) is 15.0. The summed E-state index contributed by atoms with van der Waals surface area (Å²) in [6, 6.07) is 20.4. The molecule has 4 aromatic rings. The van der Waals surface area contributed by atoms with Crippen LogP contribution in [0.25, 0.3) is 22.2 Å². The Morgan fingerprint density at radius 1 is 0.935 bits per heavy atom. The fraction of sp³-hybridized carbons (Fsp3) is 0.0435. The molecule has 0 aliphatic heterocycles. The molecular weight excluding hydrogens is 412 g/mol. The summed E-state index contributed by atoms with van der Waals surface area (Å²) in [6.07, 6.45) is 1.42. The summed E-state index contributed by atoms with van der Waals surface area (Å²) in [5.41, 5.74) is 8.28. The molecule has 31 heavy (non-hydrogen) atoms. The number of aromatic nitrogens is 1. The minimum Gasteiger partial charge on any atom is -0.459 e. The first-order valence-corrected chi connectivity index (χ1v) is 9.85. The van der Waals surface area contributed by atoms with Gasteiger partial charge in [-0.15, -0.1) is 0 Å². The molecule has 2 aromatic heterocycles. The highest BCUT2D eigenvalue weighted by Gasteiger charge is 2.16. The monoisotopic (exact) mass is 430 g/mol. The van der Waals surface area contributed by atoms with Crippen LogP contribution in [0.15, 0.2) is 77.4 Å². The molecule has 0 saturated heterocycles. The van der Waals surface area contributed by atoms with E-state index in [-0.39, 0.29) is 10.9 Å². The van der Waals surface area contributed by atoms with Crippen LogP contribution in [0.1, 0.15) is 26.5 Å². The number of thiocarbonyl (C=S) groups is 1. The number of hydrogen-bond donors (Lipinski definition) is 3. The van der Waals surface area contributed by atoms with Crippen LogP contribution >= 0.6 is 12.2 Å². The number of furan rings is 1. The highest BCUT2D eigenvalue weighted by Crippen LogP contribution is 2.24. The van der Waals surface area contributed by atoms with E-state index in [0.29, 0.717) is 27.7 Å². The zero-order chi connectivity index (χ0) is 21.8. The Bertz CT molecular complexity index is 1280. The number of fused-ring (bicyclic) bond motifs is 1. The second-order valence-corrected chi connectivity index (χ2v) is 7.14. The van der Waals surface area contributed by atoms with Crippen molar-refractivity contribution in [2.24, 2.45) is 0 Å². The number of pyridine rings is 1. The van der Waals surface area contributed by atoms with E-state index < -0.39 is 11.8 Å². The van der Waals surface area contributed by atoms with Crippen molar-refractivity contribution in [3.63, 3.8) is 0 Å². The molecule has 8 heteroatoms. The lowest BCUT2D eigenvalue weighted by Gasteiger charge is -2.12. The predicted molar refractivity (Wildman–Crippen MR) is 121 cm³/mol. The number of nitrogens with one attached hydrogen (secondary N) is 3. The maximum atomic E-state index is 13.0. The number of hydrogen-bond acceptors (Lipinski definition) is 5. The molecule has 0 saturated carbocycles. The number of carbonyl (C=O) groups is 2. The number of aryl methyl sites for hydroxylation is 1. The Kier molecular flexibility index (Phi) is 5.72. The minimum atomic E-state index is -0.500. The summed E-state index contributed by atoms with van der Waals surface area (Å²) in [4.78, 5) is 29.8. The largest absolute Gasteiger partial charge is 0.459 e. The van der Waals surface area contributed by atoms with Crippen molar-refractivity contribution in [2.45, 2.75) is 6.92 Å². The van der Waals surface area contributed by atoms with Gasteiger partial charge in [-0.2, -0.15) is 0 Å². The van der Waals surface area contributed by atoms with Gasteiger partial charge in [-0.05, 0) is 37.3 Å². The summed E-state index contributed by atoms with van der Waals surface area (Å²) < 4.78 is 5.12. The summed E-state index contributed by atoms with van der Waals surface area (Å²) in [6.45, 7) is 1.75. The quantitative estimate of drug-likeness (QED) is 0.338. The molecule has 0 bridgehead atoms. The first-order valence-electron chi connectivity index (χ1n) is 9.44. The van der Waals surface area contributed by atoms with Gasteiger partial charge in [-0.1, -0.05) is 48.5 Å². The Hall–Kier alpha value is -4.04. The van der Waals surface area contributed by atoms with Gasteiger partial charge in [-0.3, -0.25) is 25.8 Å². The highest BCUT2D eigenvalue weighted by atomic mass is 32.1. The number of carbonyl (C=O) groups excluding carboxylic acids is 2. The molecule has 0 radical (unpaired) electrons. The Morgan fingerprint density at radius 2 is 1.68 bits per heavy atom. The number of hydrazine groups is 1. The molecule has 0 aliphatic rings. The van der Waals surface area contributed by atoms with Crippen molar-refractivity contribution in [1.29, 1.82) is 0 Å². The van der Waals surface area contributed by atoms with Crippen molar-refractivity contribution in [3.8, 4) is 11.3 Å². The molecule has 4 rings (SSSR count). The van der Waals surface area contributed by atoms with E-state index in [2.05, 4.69) is 21.2 Å². The lowest BCUT2D eigenvalue weighted by atomic mass is 10.0. The molecule has 7 nitrogen and oxygen atoms in total. The van der Waals surface area contributed by atoms with Crippen molar-refractivity contribution < 1.29 is 14.0 Å². The van der Waals surface area contributed by atoms with Gasteiger partial charge in [-0.25, -0.2) is 4.98 Å². The van der Waals surface area contributed by atoms with Gasteiger partial charge in [0, 0.05) is 16.5 Å². The fourth-order valence-electron chi connectivity index (χ4n) is 3.10. The second-order valence-electron chi connectivity index (χ2n) is 6.73. The van der Waals surface area contributed by atoms with E-state index in [0.717, 1.165) is 5.56 Å². The van der Waals surface area contributed by atoms with Crippen LogP contribution < -0.4 is 16.2 Å². The third-order valence-electron chi connectivity index (χ3n) is 4.62. The van der Waals surface area contributed by atoms with Crippen LogP contribution in [0.2, 0.25) is 0 Å². The SMILES string of the molecule is Cc1ccoc1C(=O)NNC(=S)NC(=O)c1cc(-c2ccccc2)nc2ccccc12. The van der Waals surface area contributed by atoms with Crippen LogP contribution in [-0.2, 0) is 0 Å². The molecule has 0 spiro atoms. The standard InChI is InChI=1S/C23H18N4O3S/c1-14-11-12-30-20(14)22(29)26-27-23(31)25-21(28)17-13-19(15-7-3-2-4-8-15)24-18-10-6-5-9-16(17)18/h2-13H,1H3,(H,26,29)(H2,25,27,28,31). The van der Waals surface area contributed by atoms with Crippen LogP contribution in [-0.4, -0.2) is 21.9 Å². The highest BCUT2D eigenvalue weighted by molar-refractivity contribution is 7.80. The Morgan fingerprint density at radius 3 is 2.42 bits per heavy atom. The third-order valence-corrected chi connectivity index (χ3v) is 4.82. The Balaban J connectivity index is 1.53. The van der Waals surface area contributed by atoms with Gasteiger partial charge < -0.3 is 4.42 Å². The predicted octanol–water partition coefficient (Wildman–Crippen LogP) is 3.75.